The van der Waals surface area contributed by atoms with Gasteiger partial charge in [-0.15, -0.1) is 0 Å². The molecular weight excluding hydrogens is 136 g/mol. The van der Waals surface area contributed by atoms with Crippen LogP contribution in [0.3, 0.4) is 0 Å². The van der Waals surface area contributed by atoms with E-state index in [0.717, 1.165) is 12.8 Å². The first-order valence-corrected chi connectivity index (χ1v) is 4.59. The highest BCUT2D eigenvalue weighted by molar-refractivity contribution is 5.89. The van der Waals surface area contributed by atoms with Crippen LogP contribution in [-0.2, 0) is 4.79 Å². The maximum absolute atomic E-state index is 11.1. The van der Waals surface area contributed by atoms with Gasteiger partial charge in [0.1, 0.15) is 5.78 Å². The summed E-state index contributed by atoms with van der Waals surface area (Å²) in [5.74, 6) is 0.841. The molecule has 0 aromatic carbocycles. The molecule has 0 N–H and O–H groups in total. The molecule has 0 unspecified atom stereocenters. The Morgan fingerprint density at radius 3 is 2.64 bits per heavy atom. The third-order valence-electron chi connectivity index (χ3n) is 2.84. The molecular formula is C10H14O. The summed E-state index contributed by atoms with van der Waals surface area (Å²) in [5.41, 5.74) is 1.45. The van der Waals surface area contributed by atoms with E-state index in [1.165, 1.54) is 31.3 Å². The molecule has 60 valence electrons. The van der Waals surface area contributed by atoms with Crippen LogP contribution in [0.25, 0.3) is 0 Å². The lowest BCUT2D eigenvalue weighted by molar-refractivity contribution is -0.127. The molecule has 2 aliphatic carbocycles. The van der Waals surface area contributed by atoms with E-state index in [1.807, 2.05) is 0 Å². The van der Waals surface area contributed by atoms with E-state index in [0.29, 0.717) is 11.7 Å². The lowest BCUT2D eigenvalue weighted by atomic mass is 9.75. The van der Waals surface area contributed by atoms with Gasteiger partial charge < -0.3 is 0 Å². The minimum absolute atomic E-state index is 0.357. The summed E-state index contributed by atoms with van der Waals surface area (Å²) in [4.78, 5) is 11.1. The van der Waals surface area contributed by atoms with Gasteiger partial charge in [0.2, 0.25) is 0 Å². The van der Waals surface area contributed by atoms with Crippen LogP contribution in [0.5, 0.6) is 0 Å². The largest absolute Gasteiger partial charge is 0.299 e. The second-order valence-electron chi connectivity index (χ2n) is 3.58. The zero-order valence-corrected chi connectivity index (χ0v) is 6.81. The van der Waals surface area contributed by atoms with E-state index < -0.39 is 0 Å². The SMILES string of the molecule is O=C1CC[C@@H]1C1=CCCCC1. The quantitative estimate of drug-likeness (QED) is 0.525. The van der Waals surface area contributed by atoms with Crippen molar-refractivity contribution in [1.29, 1.82) is 0 Å². The maximum Gasteiger partial charge on any atom is 0.140 e. The first-order valence-electron chi connectivity index (χ1n) is 4.59. The molecule has 0 bridgehead atoms. The van der Waals surface area contributed by atoms with Crippen molar-refractivity contribution in [3.63, 3.8) is 0 Å². The average molecular weight is 150 g/mol. The highest BCUT2D eigenvalue weighted by Gasteiger charge is 2.31. The fourth-order valence-corrected chi connectivity index (χ4v) is 1.98. The summed E-state index contributed by atoms with van der Waals surface area (Å²) in [6, 6.07) is 0. The molecule has 11 heavy (non-hydrogen) atoms. The van der Waals surface area contributed by atoms with Crippen molar-refractivity contribution < 1.29 is 4.79 Å². The minimum atomic E-state index is 0.357. The highest BCUT2D eigenvalue weighted by Crippen LogP contribution is 2.34. The van der Waals surface area contributed by atoms with Crippen molar-refractivity contribution >= 4 is 5.78 Å². The summed E-state index contributed by atoms with van der Waals surface area (Å²) in [5, 5.41) is 0. The van der Waals surface area contributed by atoms with Crippen molar-refractivity contribution in [3.05, 3.63) is 11.6 Å². The van der Waals surface area contributed by atoms with Crippen LogP contribution in [0, 0.1) is 5.92 Å². The third-order valence-corrected chi connectivity index (χ3v) is 2.84. The molecule has 0 spiro atoms. The van der Waals surface area contributed by atoms with Crippen LogP contribution in [0.1, 0.15) is 38.5 Å². The molecule has 0 radical (unpaired) electrons. The Morgan fingerprint density at radius 1 is 1.27 bits per heavy atom. The third kappa shape index (κ3) is 1.24. The molecule has 1 saturated carbocycles. The monoisotopic (exact) mass is 150 g/mol. The Morgan fingerprint density at radius 2 is 2.18 bits per heavy atom. The predicted molar refractivity (Wildman–Crippen MR) is 44.3 cm³/mol. The summed E-state index contributed by atoms with van der Waals surface area (Å²) < 4.78 is 0. The van der Waals surface area contributed by atoms with E-state index in [-0.39, 0.29) is 0 Å². The Labute approximate surface area is 67.5 Å². The molecule has 1 heteroatoms. The van der Waals surface area contributed by atoms with Crippen LogP contribution < -0.4 is 0 Å². The van der Waals surface area contributed by atoms with Crippen LogP contribution in [0.4, 0.5) is 0 Å². The zero-order valence-electron chi connectivity index (χ0n) is 6.81. The normalized spacial score (nSPS) is 31.1. The molecule has 1 nitrogen and oxygen atoms in total. The molecule has 2 aliphatic rings. The minimum Gasteiger partial charge on any atom is -0.299 e. The zero-order chi connectivity index (χ0) is 7.68. The molecule has 0 saturated heterocycles. The Hall–Kier alpha value is -0.590. The number of hydrogen-bond acceptors (Lipinski definition) is 1. The Balaban J connectivity index is 2.03. The fraction of sp³-hybridized carbons (Fsp3) is 0.700. The van der Waals surface area contributed by atoms with Crippen LogP contribution >= 0.6 is 0 Å². The van der Waals surface area contributed by atoms with E-state index in [4.69, 9.17) is 0 Å². The van der Waals surface area contributed by atoms with Gasteiger partial charge >= 0.3 is 0 Å². The molecule has 0 aromatic heterocycles. The van der Waals surface area contributed by atoms with Crippen molar-refractivity contribution in [2.75, 3.05) is 0 Å². The second kappa shape index (κ2) is 2.80. The van der Waals surface area contributed by atoms with Crippen LogP contribution in [-0.4, -0.2) is 5.78 Å². The number of rotatable bonds is 1. The number of Topliss-reactive ketones (excluding diaryl/α,β-unsaturated/α-hetero) is 1. The van der Waals surface area contributed by atoms with Gasteiger partial charge in [0, 0.05) is 12.3 Å². The van der Waals surface area contributed by atoms with Crippen LogP contribution in [0.15, 0.2) is 11.6 Å². The molecule has 2 rings (SSSR count). The second-order valence-corrected chi connectivity index (χ2v) is 3.58. The lowest BCUT2D eigenvalue weighted by Gasteiger charge is -2.28. The maximum atomic E-state index is 11.1. The number of ketones is 1. The number of hydrogen-bond donors (Lipinski definition) is 0. The molecule has 1 atom stereocenters. The van der Waals surface area contributed by atoms with Gasteiger partial charge in [0.05, 0.1) is 0 Å². The first-order chi connectivity index (χ1) is 5.38. The lowest BCUT2D eigenvalue weighted by Crippen LogP contribution is -2.27. The Kier molecular flexibility index (Phi) is 1.80. The fourth-order valence-electron chi connectivity index (χ4n) is 1.98. The van der Waals surface area contributed by atoms with Crippen molar-refractivity contribution in [3.8, 4) is 0 Å². The molecule has 0 amide bonds. The average Bonchev–Trinajstić information content (AvgIpc) is 2.04. The van der Waals surface area contributed by atoms with E-state index in [9.17, 15) is 4.79 Å². The molecule has 0 aliphatic heterocycles. The summed E-state index contributed by atoms with van der Waals surface area (Å²) in [7, 11) is 0. The summed E-state index contributed by atoms with van der Waals surface area (Å²) >= 11 is 0. The van der Waals surface area contributed by atoms with Gasteiger partial charge in [-0.05, 0) is 32.1 Å². The van der Waals surface area contributed by atoms with Crippen molar-refractivity contribution in [1.82, 2.24) is 0 Å². The molecule has 1 fully saturated rings. The van der Waals surface area contributed by atoms with Crippen LogP contribution in [0.2, 0.25) is 0 Å². The summed E-state index contributed by atoms with van der Waals surface area (Å²) in [6.07, 6.45) is 9.29. The van der Waals surface area contributed by atoms with Gasteiger partial charge in [0.25, 0.3) is 0 Å². The predicted octanol–water partition coefficient (Wildman–Crippen LogP) is 2.47. The van der Waals surface area contributed by atoms with Gasteiger partial charge in [-0.3, -0.25) is 4.79 Å². The van der Waals surface area contributed by atoms with Crippen molar-refractivity contribution in [2.45, 2.75) is 38.5 Å². The van der Waals surface area contributed by atoms with Gasteiger partial charge in [-0.2, -0.15) is 0 Å². The summed E-state index contributed by atoms with van der Waals surface area (Å²) in [6.45, 7) is 0. The van der Waals surface area contributed by atoms with Gasteiger partial charge in [0.15, 0.2) is 0 Å². The van der Waals surface area contributed by atoms with Gasteiger partial charge in [-0.1, -0.05) is 11.6 Å². The number of allylic oxidation sites excluding steroid dienone is 2. The smallest absolute Gasteiger partial charge is 0.140 e. The number of carbonyl (C=O) groups excluding carboxylic acids is 1. The van der Waals surface area contributed by atoms with E-state index in [1.54, 1.807) is 0 Å². The standard InChI is InChI=1S/C10H14O/c11-10-7-6-9(10)8-4-2-1-3-5-8/h4,9H,1-3,5-7H2/t9-/m1/s1. The van der Waals surface area contributed by atoms with E-state index in [2.05, 4.69) is 6.08 Å². The molecule has 0 aromatic rings. The Bertz CT molecular complexity index is 203. The number of carbonyl (C=O) groups is 1. The van der Waals surface area contributed by atoms with Crippen molar-refractivity contribution in [2.24, 2.45) is 5.92 Å². The highest BCUT2D eigenvalue weighted by atomic mass is 16.1. The molecule has 0 heterocycles. The van der Waals surface area contributed by atoms with Gasteiger partial charge in [-0.25, -0.2) is 0 Å². The first kappa shape index (κ1) is 7.08. The van der Waals surface area contributed by atoms with E-state index >= 15 is 0 Å². The topological polar surface area (TPSA) is 17.1 Å².